The van der Waals surface area contributed by atoms with Crippen molar-refractivity contribution < 1.29 is 38.3 Å². The lowest BCUT2D eigenvalue weighted by Gasteiger charge is -2.27. The van der Waals surface area contributed by atoms with Crippen LogP contribution in [0.15, 0.2) is 60.4 Å². The average Bonchev–Trinajstić information content (AvgIpc) is 3.16. The number of rotatable bonds is 6. The zero-order valence-electron chi connectivity index (χ0n) is 20.6. The minimum Gasteiger partial charge on any atom is -0.490 e. The number of allylic oxidation sites excluding steroid dienone is 1. The maximum Gasteiger partial charge on any atom is 0.264 e. The highest BCUT2D eigenvalue weighted by Crippen LogP contribution is 2.33. The van der Waals surface area contributed by atoms with Crippen LogP contribution in [0.3, 0.4) is 0 Å². The molecule has 0 radical (unpaired) electrons. The maximum atomic E-state index is 13.1. The van der Waals surface area contributed by atoms with E-state index in [9.17, 15) is 33.6 Å². The number of imide groups is 2. The first-order chi connectivity index (χ1) is 18.7. The Bertz CT molecular complexity index is 1440. The van der Waals surface area contributed by atoms with Gasteiger partial charge in [0.1, 0.15) is 6.04 Å². The van der Waals surface area contributed by atoms with Crippen LogP contribution in [0.1, 0.15) is 57.9 Å². The third-order valence-corrected chi connectivity index (χ3v) is 6.89. The van der Waals surface area contributed by atoms with Gasteiger partial charge >= 0.3 is 0 Å². The van der Waals surface area contributed by atoms with Crippen LogP contribution in [0.25, 0.3) is 0 Å². The van der Waals surface area contributed by atoms with E-state index in [4.69, 9.17) is 4.74 Å². The number of nitrogens with zero attached hydrogens (tertiary/aromatic N) is 1. The molecule has 2 heterocycles. The number of ether oxygens (including phenoxy) is 1. The molecule has 1 saturated heterocycles. The van der Waals surface area contributed by atoms with Gasteiger partial charge in [0.15, 0.2) is 18.2 Å². The van der Waals surface area contributed by atoms with Gasteiger partial charge in [0.2, 0.25) is 11.8 Å². The van der Waals surface area contributed by atoms with E-state index in [1.165, 1.54) is 18.2 Å². The maximum absolute atomic E-state index is 13.1. The van der Waals surface area contributed by atoms with Gasteiger partial charge < -0.3 is 10.1 Å². The lowest BCUT2D eigenvalue weighted by Crippen LogP contribution is -2.54. The van der Waals surface area contributed by atoms with Crippen molar-refractivity contribution >= 4 is 46.8 Å². The molecular formula is C28H23N3O8. The normalized spacial score (nSPS) is 21.0. The summed E-state index contributed by atoms with van der Waals surface area (Å²) < 4.78 is 5.23. The van der Waals surface area contributed by atoms with E-state index in [0.717, 1.165) is 16.7 Å². The molecule has 0 aromatic heterocycles. The minimum atomic E-state index is -1.14. The summed E-state index contributed by atoms with van der Waals surface area (Å²) in [4.78, 5) is 88.3. The number of Topliss-reactive ketones (excluding diaryl/α,β-unsaturated/α-hetero) is 2. The molecule has 1 atom stereocenters. The SMILES string of the molecule is O=C1CCC(N2C(=O)c3cccc(NC(=O)COC=C4C(=O)CC(c5ccccc5)CC4=O)c3C2=O)C(=O)N1. The minimum absolute atomic E-state index is 0.00384. The van der Waals surface area contributed by atoms with Crippen molar-refractivity contribution in [1.82, 2.24) is 10.2 Å². The van der Waals surface area contributed by atoms with E-state index in [2.05, 4.69) is 10.6 Å². The van der Waals surface area contributed by atoms with Crippen LogP contribution in [0.4, 0.5) is 5.69 Å². The first kappa shape index (κ1) is 25.7. The number of piperidine rings is 1. The van der Waals surface area contributed by atoms with Gasteiger partial charge in [-0.05, 0) is 30.0 Å². The van der Waals surface area contributed by atoms with Crippen molar-refractivity contribution in [2.45, 2.75) is 37.6 Å². The molecule has 198 valence electrons. The molecule has 2 aromatic rings. The lowest BCUT2D eigenvalue weighted by molar-refractivity contribution is -0.136. The highest BCUT2D eigenvalue weighted by atomic mass is 16.5. The molecule has 2 aliphatic heterocycles. The smallest absolute Gasteiger partial charge is 0.264 e. The van der Waals surface area contributed by atoms with Gasteiger partial charge in [-0.25, -0.2) is 0 Å². The Labute approximate surface area is 222 Å². The predicted octanol–water partition coefficient (Wildman–Crippen LogP) is 1.64. The summed E-state index contributed by atoms with van der Waals surface area (Å²) in [6.07, 6.45) is 1.27. The molecular weight excluding hydrogens is 506 g/mol. The van der Waals surface area contributed by atoms with Crippen LogP contribution in [0, 0.1) is 0 Å². The molecule has 3 aliphatic rings. The molecule has 11 nitrogen and oxygen atoms in total. The molecule has 1 aliphatic carbocycles. The van der Waals surface area contributed by atoms with Crippen LogP contribution in [-0.2, 0) is 28.7 Å². The van der Waals surface area contributed by atoms with Crippen molar-refractivity contribution in [3.8, 4) is 0 Å². The summed E-state index contributed by atoms with van der Waals surface area (Å²) in [7, 11) is 0. The van der Waals surface area contributed by atoms with Crippen LogP contribution in [0.5, 0.6) is 0 Å². The van der Waals surface area contributed by atoms with Gasteiger partial charge in [0.25, 0.3) is 17.7 Å². The first-order valence-electron chi connectivity index (χ1n) is 12.3. The summed E-state index contributed by atoms with van der Waals surface area (Å²) in [5.74, 6) is -4.36. The van der Waals surface area contributed by atoms with Gasteiger partial charge in [0.05, 0.1) is 28.6 Å². The van der Waals surface area contributed by atoms with E-state index < -0.39 is 42.2 Å². The van der Waals surface area contributed by atoms with E-state index in [1.807, 2.05) is 30.3 Å². The van der Waals surface area contributed by atoms with Gasteiger partial charge in [-0.15, -0.1) is 0 Å². The highest BCUT2D eigenvalue weighted by Gasteiger charge is 2.45. The third-order valence-electron chi connectivity index (χ3n) is 6.89. The van der Waals surface area contributed by atoms with E-state index in [-0.39, 0.29) is 65.6 Å². The molecule has 1 saturated carbocycles. The van der Waals surface area contributed by atoms with Crippen LogP contribution in [-0.4, -0.2) is 58.7 Å². The number of carbonyl (C=O) groups is 7. The van der Waals surface area contributed by atoms with Crippen LogP contribution < -0.4 is 10.6 Å². The molecule has 39 heavy (non-hydrogen) atoms. The van der Waals surface area contributed by atoms with E-state index in [1.54, 1.807) is 0 Å². The second kappa shape index (κ2) is 10.4. The summed E-state index contributed by atoms with van der Waals surface area (Å²) in [5, 5.41) is 4.63. The number of amides is 5. The zero-order chi connectivity index (χ0) is 27.7. The summed E-state index contributed by atoms with van der Waals surface area (Å²) in [6, 6.07) is 12.4. The topological polar surface area (TPSA) is 156 Å². The van der Waals surface area contributed by atoms with Crippen LogP contribution in [0.2, 0.25) is 0 Å². The first-order valence-corrected chi connectivity index (χ1v) is 12.3. The Balaban J connectivity index is 1.23. The Morgan fingerprint density at radius 2 is 1.67 bits per heavy atom. The number of carbonyl (C=O) groups excluding carboxylic acids is 7. The molecule has 2 fully saturated rings. The lowest BCUT2D eigenvalue weighted by atomic mass is 9.80. The van der Waals surface area contributed by atoms with Crippen molar-refractivity contribution in [3.63, 3.8) is 0 Å². The standard InChI is InChI=1S/C28H23N3O8/c32-21-11-16(15-5-2-1-3-6-15)12-22(33)18(21)13-39-14-24(35)29-19-8-4-7-17-25(19)28(38)31(27(17)37)20-9-10-23(34)30-26(20)36/h1-8,13,16,20H,9-12,14H2,(H,29,35)(H,30,34,36). The number of fused-ring (bicyclic) bond motifs is 1. The molecule has 5 rings (SSSR count). The van der Waals surface area contributed by atoms with Crippen LogP contribution >= 0.6 is 0 Å². The Kier molecular flexibility index (Phi) is 6.88. The second-order valence-electron chi connectivity index (χ2n) is 9.43. The molecule has 0 bridgehead atoms. The Morgan fingerprint density at radius 3 is 2.36 bits per heavy atom. The average molecular weight is 530 g/mol. The van der Waals surface area contributed by atoms with Crippen molar-refractivity contribution in [2.24, 2.45) is 0 Å². The number of nitrogens with one attached hydrogen (secondary N) is 2. The molecule has 11 heteroatoms. The molecule has 2 N–H and O–H groups in total. The molecule has 1 unspecified atom stereocenters. The van der Waals surface area contributed by atoms with Gasteiger partial charge in [-0.3, -0.25) is 43.8 Å². The number of ketones is 2. The number of hydrogen-bond acceptors (Lipinski definition) is 8. The van der Waals surface area contributed by atoms with Gasteiger partial charge in [0, 0.05) is 19.3 Å². The molecule has 5 amide bonds. The number of benzene rings is 2. The van der Waals surface area contributed by atoms with E-state index >= 15 is 0 Å². The highest BCUT2D eigenvalue weighted by molar-refractivity contribution is 6.26. The Hall–Kier alpha value is -4.93. The van der Waals surface area contributed by atoms with Crippen molar-refractivity contribution in [1.29, 1.82) is 0 Å². The monoisotopic (exact) mass is 529 g/mol. The van der Waals surface area contributed by atoms with Crippen molar-refractivity contribution in [3.05, 3.63) is 77.1 Å². The summed E-state index contributed by atoms with van der Waals surface area (Å²) >= 11 is 0. The third kappa shape index (κ3) is 4.98. The quantitative estimate of drug-likeness (QED) is 0.248. The van der Waals surface area contributed by atoms with Gasteiger partial charge in [-0.1, -0.05) is 36.4 Å². The zero-order valence-corrected chi connectivity index (χ0v) is 20.6. The molecule has 0 spiro atoms. The summed E-state index contributed by atoms with van der Waals surface area (Å²) in [6.45, 7) is -0.561. The predicted molar refractivity (Wildman–Crippen MR) is 134 cm³/mol. The fourth-order valence-electron chi connectivity index (χ4n) is 4.99. The second-order valence-corrected chi connectivity index (χ2v) is 9.43. The molecule has 2 aromatic carbocycles. The fourth-order valence-corrected chi connectivity index (χ4v) is 4.99. The fraction of sp³-hybridized carbons (Fsp3) is 0.250. The summed E-state index contributed by atoms with van der Waals surface area (Å²) in [5.41, 5.74) is 0.757. The van der Waals surface area contributed by atoms with Crippen molar-refractivity contribution in [2.75, 3.05) is 11.9 Å². The van der Waals surface area contributed by atoms with E-state index in [0.29, 0.717) is 0 Å². The number of hydrogen-bond donors (Lipinski definition) is 2. The number of anilines is 1. The largest absolute Gasteiger partial charge is 0.490 e. The Morgan fingerprint density at radius 1 is 0.949 bits per heavy atom. The van der Waals surface area contributed by atoms with Gasteiger partial charge in [-0.2, -0.15) is 0 Å².